The van der Waals surface area contributed by atoms with E-state index in [2.05, 4.69) is 24.4 Å². The monoisotopic (exact) mass is 215 g/mol. The first-order chi connectivity index (χ1) is 7.84. The van der Waals surface area contributed by atoms with E-state index in [1.807, 2.05) is 0 Å². The number of hydrogen-bond donors (Lipinski definition) is 1. The van der Waals surface area contributed by atoms with E-state index in [0.717, 1.165) is 13.1 Å². The molecule has 1 nitrogen and oxygen atoms in total. The summed E-state index contributed by atoms with van der Waals surface area (Å²) in [7, 11) is 0. The Balaban J connectivity index is 2.05. The van der Waals surface area contributed by atoms with E-state index < -0.39 is 0 Å². The first-order valence-electron chi connectivity index (χ1n) is 6.70. The molecule has 1 atom stereocenters. The van der Waals surface area contributed by atoms with Crippen LogP contribution in [0.25, 0.3) is 0 Å². The summed E-state index contributed by atoms with van der Waals surface area (Å²) in [5, 5.41) is 3.51. The Morgan fingerprint density at radius 2 is 1.75 bits per heavy atom. The van der Waals surface area contributed by atoms with E-state index in [-0.39, 0.29) is 0 Å². The Labute approximate surface area is 98.3 Å². The largest absolute Gasteiger partial charge is 0.312 e. The second kappa shape index (κ2) is 4.21. The highest BCUT2D eigenvalue weighted by Gasteiger charge is 2.19. The standard InChI is InChI=1S/C15H21N/c1-11-9-16-10-14-7-12-5-3-2-4-6-13(12)8-15(11)14/h7-8,11,16H,2-6,9-10H2,1H3. The molecule has 86 valence electrons. The minimum atomic E-state index is 0.692. The fraction of sp³-hybridized carbons (Fsp3) is 0.600. The smallest absolute Gasteiger partial charge is 0.0208 e. The molecule has 0 fully saturated rings. The molecule has 0 saturated carbocycles. The van der Waals surface area contributed by atoms with Gasteiger partial charge in [0.2, 0.25) is 0 Å². The number of aryl methyl sites for hydroxylation is 2. The lowest BCUT2D eigenvalue weighted by Gasteiger charge is -2.25. The Morgan fingerprint density at radius 3 is 2.56 bits per heavy atom. The van der Waals surface area contributed by atoms with E-state index in [0.29, 0.717) is 5.92 Å². The molecule has 1 heterocycles. The van der Waals surface area contributed by atoms with Gasteiger partial charge >= 0.3 is 0 Å². The number of fused-ring (bicyclic) bond motifs is 2. The molecule has 3 rings (SSSR count). The highest BCUT2D eigenvalue weighted by atomic mass is 14.9. The molecule has 0 radical (unpaired) electrons. The SMILES string of the molecule is CC1CNCc2cc3c(cc21)CCCCC3. The van der Waals surface area contributed by atoms with Crippen LogP contribution in [0, 0.1) is 0 Å². The van der Waals surface area contributed by atoms with Crippen LogP contribution >= 0.6 is 0 Å². The summed E-state index contributed by atoms with van der Waals surface area (Å²) in [5.41, 5.74) is 6.44. The highest BCUT2D eigenvalue weighted by molar-refractivity contribution is 5.42. The Kier molecular flexibility index (Phi) is 2.72. The maximum Gasteiger partial charge on any atom is 0.0208 e. The molecule has 0 amide bonds. The van der Waals surface area contributed by atoms with Gasteiger partial charge in [-0.2, -0.15) is 0 Å². The third kappa shape index (κ3) is 1.78. The van der Waals surface area contributed by atoms with Gasteiger partial charge in [0, 0.05) is 13.1 Å². The highest BCUT2D eigenvalue weighted by Crippen LogP contribution is 2.30. The third-order valence-electron chi connectivity index (χ3n) is 4.15. The fourth-order valence-electron chi connectivity index (χ4n) is 3.18. The molecule has 0 spiro atoms. The lowest BCUT2D eigenvalue weighted by Crippen LogP contribution is -2.27. The zero-order valence-electron chi connectivity index (χ0n) is 10.2. The number of rotatable bonds is 0. The molecular weight excluding hydrogens is 194 g/mol. The lowest BCUT2D eigenvalue weighted by atomic mass is 9.87. The molecule has 0 bridgehead atoms. The first-order valence-corrected chi connectivity index (χ1v) is 6.70. The molecule has 16 heavy (non-hydrogen) atoms. The molecule has 1 unspecified atom stereocenters. The molecule has 1 aromatic carbocycles. The van der Waals surface area contributed by atoms with Gasteiger partial charge in [-0.25, -0.2) is 0 Å². The summed E-state index contributed by atoms with van der Waals surface area (Å²) in [4.78, 5) is 0. The summed E-state index contributed by atoms with van der Waals surface area (Å²) in [6.45, 7) is 4.56. The van der Waals surface area contributed by atoms with Crippen molar-refractivity contribution < 1.29 is 0 Å². The number of hydrogen-bond acceptors (Lipinski definition) is 1. The van der Waals surface area contributed by atoms with E-state index in [1.54, 1.807) is 22.3 Å². The van der Waals surface area contributed by atoms with Crippen LogP contribution in [0.2, 0.25) is 0 Å². The topological polar surface area (TPSA) is 12.0 Å². The predicted molar refractivity (Wildman–Crippen MR) is 67.8 cm³/mol. The minimum Gasteiger partial charge on any atom is -0.312 e. The van der Waals surface area contributed by atoms with Gasteiger partial charge in [0.05, 0.1) is 0 Å². The van der Waals surface area contributed by atoms with Crippen LogP contribution in [0.15, 0.2) is 12.1 Å². The summed E-state index contributed by atoms with van der Waals surface area (Å²) in [5.74, 6) is 0.692. The molecule has 2 aliphatic rings. The predicted octanol–water partition coefficient (Wildman–Crippen LogP) is 3.16. The van der Waals surface area contributed by atoms with Crippen LogP contribution in [0.4, 0.5) is 0 Å². The van der Waals surface area contributed by atoms with Crippen molar-refractivity contribution in [3.05, 3.63) is 34.4 Å². The van der Waals surface area contributed by atoms with Crippen LogP contribution in [-0.4, -0.2) is 6.54 Å². The molecule has 0 saturated heterocycles. The maximum absolute atomic E-state index is 3.51. The normalized spacial score (nSPS) is 24.4. The van der Waals surface area contributed by atoms with Gasteiger partial charge in [-0.3, -0.25) is 0 Å². The fourth-order valence-corrected chi connectivity index (χ4v) is 3.18. The van der Waals surface area contributed by atoms with Gasteiger partial charge < -0.3 is 5.32 Å². The van der Waals surface area contributed by atoms with E-state index in [1.165, 1.54) is 32.1 Å². The second-order valence-electron chi connectivity index (χ2n) is 5.41. The number of nitrogens with one attached hydrogen (secondary N) is 1. The zero-order chi connectivity index (χ0) is 11.0. The van der Waals surface area contributed by atoms with Crippen molar-refractivity contribution >= 4 is 0 Å². The van der Waals surface area contributed by atoms with Crippen molar-refractivity contribution in [2.75, 3.05) is 6.54 Å². The van der Waals surface area contributed by atoms with Crippen LogP contribution in [0.3, 0.4) is 0 Å². The maximum atomic E-state index is 3.51. The zero-order valence-corrected chi connectivity index (χ0v) is 10.2. The summed E-state index contributed by atoms with van der Waals surface area (Å²) < 4.78 is 0. The Morgan fingerprint density at radius 1 is 1.00 bits per heavy atom. The molecular formula is C15H21N. The van der Waals surface area contributed by atoms with Crippen LogP contribution in [0.1, 0.15) is 54.4 Å². The third-order valence-corrected chi connectivity index (χ3v) is 4.15. The summed E-state index contributed by atoms with van der Waals surface area (Å²) in [6, 6.07) is 5.00. The van der Waals surface area contributed by atoms with Gasteiger partial charge in [0.25, 0.3) is 0 Å². The Hall–Kier alpha value is -0.820. The van der Waals surface area contributed by atoms with Crippen molar-refractivity contribution in [1.82, 2.24) is 5.32 Å². The van der Waals surface area contributed by atoms with E-state index in [9.17, 15) is 0 Å². The summed E-state index contributed by atoms with van der Waals surface area (Å²) >= 11 is 0. The van der Waals surface area contributed by atoms with Gasteiger partial charge in [-0.15, -0.1) is 0 Å². The second-order valence-corrected chi connectivity index (χ2v) is 5.41. The van der Waals surface area contributed by atoms with Gasteiger partial charge in [0.1, 0.15) is 0 Å². The van der Waals surface area contributed by atoms with E-state index in [4.69, 9.17) is 0 Å². The molecule has 1 aliphatic heterocycles. The van der Waals surface area contributed by atoms with Crippen LogP contribution in [-0.2, 0) is 19.4 Å². The quantitative estimate of drug-likeness (QED) is 0.655. The lowest BCUT2D eigenvalue weighted by molar-refractivity contribution is 0.569. The average molecular weight is 215 g/mol. The minimum absolute atomic E-state index is 0.692. The van der Waals surface area contributed by atoms with E-state index >= 15 is 0 Å². The summed E-state index contributed by atoms with van der Waals surface area (Å²) in [6.07, 6.45) is 6.79. The molecule has 1 aromatic rings. The molecule has 1 heteroatoms. The van der Waals surface area contributed by atoms with Crippen LogP contribution in [0.5, 0.6) is 0 Å². The first kappa shape index (κ1) is 10.3. The molecule has 1 N–H and O–H groups in total. The number of benzene rings is 1. The van der Waals surface area contributed by atoms with Crippen molar-refractivity contribution in [2.24, 2.45) is 0 Å². The molecule has 1 aliphatic carbocycles. The Bertz CT molecular complexity index is 395. The van der Waals surface area contributed by atoms with Crippen molar-refractivity contribution in [3.8, 4) is 0 Å². The molecule has 0 aromatic heterocycles. The van der Waals surface area contributed by atoms with Crippen LogP contribution < -0.4 is 5.32 Å². The van der Waals surface area contributed by atoms with Gasteiger partial charge in [-0.05, 0) is 53.9 Å². The van der Waals surface area contributed by atoms with Crippen molar-refractivity contribution in [3.63, 3.8) is 0 Å². The average Bonchev–Trinajstić information content (AvgIpc) is 2.52. The van der Waals surface area contributed by atoms with Gasteiger partial charge in [-0.1, -0.05) is 25.5 Å². The van der Waals surface area contributed by atoms with Crippen molar-refractivity contribution in [2.45, 2.75) is 51.5 Å². The van der Waals surface area contributed by atoms with Gasteiger partial charge in [0.15, 0.2) is 0 Å². The van der Waals surface area contributed by atoms with Crippen molar-refractivity contribution in [1.29, 1.82) is 0 Å².